The number of aromatic nitrogens is 2. The molecule has 0 spiro atoms. The van der Waals surface area contributed by atoms with Crippen molar-refractivity contribution < 1.29 is 4.79 Å². The van der Waals surface area contributed by atoms with Gasteiger partial charge in [-0.15, -0.1) is 11.3 Å². The first kappa shape index (κ1) is 18.9. The molecule has 1 aromatic carbocycles. The van der Waals surface area contributed by atoms with Crippen LogP contribution in [0.3, 0.4) is 0 Å². The topological polar surface area (TPSA) is 58.1 Å². The lowest BCUT2D eigenvalue weighted by Crippen LogP contribution is -2.23. The zero-order valence-corrected chi connectivity index (χ0v) is 16.9. The van der Waals surface area contributed by atoms with Crippen LogP contribution in [0.1, 0.15) is 42.7 Å². The molecule has 146 valence electrons. The van der Waals surface area contributed by atoms with Crippen molar-refractivity contribution in [3.63, 3.8) is 0 Å². The van der Waals surface area contributed by atoms with Crippen LogP contribution in [0.2, 0.25) is 0 Å². The van der Waals surface area contributed by atoms with Gasteiger partial charge in [-0.05, 0) is 55.9 Å². The van der Waals surface area contributed by atoms with E-state index in [1.54, 1.807) is 11.3 Å². The molecule has 0 atom stereocenters. The minimum Gasteiger partial charge on any atom is -0.357 e. The number of amides is 1. The summed E-state index contributed by atoms with van der Waals surface area (Å²) in [6, 6.07) is 12.3. The van der Waals surface area contributed by atoms with Gasteiger partial charge in [0.1, 0.15) is 5.82 Å². The highest BCUT2D eigenvalue weighted by molar-refractivity contribution is 7.18. The Bertz CT molecular complexity index is 883. The van der Waals surface area contributed by atoms with Gasteiger partial charge < -0.3 is 10.2 Å². The summed E-state index contributed by atoms with van der Waals surface area (Å²) in [5.74, 6) is 1.15. The van der Waals surface area contributed by atoms with Crippen LogP contribution in [0.25, 0.3) is 10.2 Å². The fraction of sp³-hybridized carbons (Fsp3) is 0.409. The van der Waals surface area contributed by atoms with E-state index in [1.807, 2.05) is 18.3 Å². The van der Waals surface area contributed by atoms with Gasteiger partial charge >= 0.3 is 0 Å². The Morgan fingerprint density at radius 3 is 2.75 bits per heavy atom. The second-order valence-corrected chi connectivity index (χ2v) is 8.39. The molecule has 0 unspecified atom stereocenters. The largest absolute Gasteiger partial charge is 0.357 e. The fourth-order valence-corrected chi connectivity index (χ4v) is 4.54. The molecule has 3 heterocycles. The van der Waals surface area contributed by atoms with Crippen molar-refractivity contribution in [1.82, 2.24) is 15.3 Å². The number of nitrogens with one attached hydrogen (secondary N) is 1. The van der Waals surface area contributed by atoms with Gasteiger partial charge in [-0.25, -0.2) is 9.97 Å². The lowest BCUT2D eigenvalue weighted by Gasteiger charge is -2.16. The van der Waals surface area contributed by atoms with Crippen molar-refractivity contribution in [1.29, 1.82) is 0 Å². The second-order valence-electron chi connectivity index (χ2n) is 7.28. The molecule has 4 rings (SSSR count). The standard InChI is InChI=1S/C22H26N4OS/c27-21(9-3-4-10-22-25-18-7-1-2-8-19(18)28-22)24-16-17-11-12-20(23-15-17)26-13-5-6-14-26/h1-2,7-8,11-12,15H,3-6,9-10,13-14,16H2,(H,24,27). The summed E-state index contributed by atoms with van der Waals surface area (Å²) in [4.78, 5) is 23.6. The maximum atomic E-state index is 12.1. The monoisotopic (exact) mass is 394 g/mol. The molecule has 0 bridgehead atoms. The maximum absolute atomic E-state index is 12.1. The zero-order chi connectivity index (χ0) is 19.2. The quantitative estimate of drug-likeness (QED) is 0.578. The Morgan fingerprint density at radius 1 is 1.11 bits per heavy atom. The first-order chi connectivity index (χ1) is 13.8. The molecule has 1 aliphatic heterocycles. The first-order valence-corrected chi connectivity index (χ1v) is 10.9. The van der Waals surface area contributed by atoms with Crippen LogP contribution >= 0.6 is 11.3 Å². The molecule has 5 nitrogen and oxygen atoms in total. The van der Waals surface area contributed by atoms with E-state index in [0.29, 0.717) is 13.0 Å². The van der Waals surface area contributed by atoms with Crippen molar-refractivity contribution in [3.8, 4) is 0 Å². The lowest BCUT2D eigenvalue weighted by molar-refractivity contribution is -0.121. The van der Waals surface area contributed by atoms with Crippen LogP contribution in [-0.2, 0) is 17.8 Å². The van der Waals surface area contributed by atoms with Gasteiger partial charge in [0.15, 0.2) is 0 Å². The summed E-state index contributed by atoms with van der Waals surface area (Å²) >= 11 is 1.75. The summed E-state index contributed by atoms with van der Waals surface area (Å²) in [5.41, 5.74) is 2.12. The van der Waals surface area contributed by atoms with E-state index >= 15 is 0 Å². The number of pyridine rings is 1. The van der Waals surface area contributed by atoms with Crippen molar-refractivity contribution in [3.05, 3.63) is 53.2 Å². The number of hydrogen-bond acceptors (Lipinski definition) is 5. The highest BCUT2D eigenvalue weighted by Crippen LogP contribution is 2.23. The van der Waals surface area contributed by atoms with E-state index < -0.39 is 0 Å². The van der Waals surface area contributed by atoms with Crippen LogP contribution in [0, 0.1) is 0 Å². The zero-order valence-electron chi connectivity index (χ0n) is 16.1. The van der Waals surface area contributed by atoms with Crippen molar-refractivity contribution >= 4 is 33.3 Å². The Morgan fingerprint density at radius 2 is 1.96 bits per heavy atom. The molecule has 2 aromatic heterocycles. The number of aryl methyl sites for hydroxylation is 1. The van der Waals surface area contributed by atoms with Crippen molar-refractivity contribution in [2.75, 3.05) is 18.0 Å². The summed E-state index contributed by atoms with van der Waals surface area (Å²) in [7, 11) is 0. The number of benzene rings is 1. The predicted molar refractivity (Wildman–Crippen MR) is 115 cm³/mol. The number of hydrogen-bond donors (Lipinski definition) is 1. The third-order valence-electron chi connectivity index (χ3n) is 5.11. The highest BCUT2D eigenvalue weighted by Gasteiger charge is 2.13. The van der Waals surface area contributed by atoms with Crippen LogP contribution in [0.5, 0.6) is 0 Å². The number of unbranched alkanes of at least 4 members (excludes halogenated alkanes) is 1. The molecule has 1 aliphatic rings. The third-order valence-corrected chi connectivity index (χ3v) is 6.21. The van der Waals surface area contributed by atoms with Gasteiger partial charge in [-0.1, -0.05) is 18.2 Å². The SMILES string of the molecule is O=C(CCCCc1nc2ccccc2s1)NCc1ccc(N2CCCC2)nc1. The van der Waals surface area contributed by atoms with E-state index in [4.69, 9.17) is 0 Å². The Kier molecular flexibility index (Phi) is 6.17. The summed E-state index contributed by atoms with van der Waals surface area (Å²) in [5, 5.41) is 4.16. The molecule has 1 fully saturated rings. The van der Waals surface area contributed by atoms with E-state index in [-0.39, 0.29) is 5.91 Å². The summed E-state index contributed by atoms with van der Waals surface area (Å²) in [6.45, 7) is 2.74. The number of rotatable bonds is 8. The van der Waals surface area contributed by atoms with Gasteiger partial charge in [0.05, 0.1) is 15.2 Å². The molecule has 3 aromatic rings. The van der Waals surface area contributed by atoms with Crippen LogP contribution in [0.15, 0.2) is 42.6 Å². The number of carbonyl (C=O) groups is 1. The third kappa shape index (κ3) is 4.87. The molecule has 1 N–H and O–H groups in total. The van der Waals surface area contributed by atoms with Gasteiger partial charge in [-0.3, -0.25) is 4.79 Å². The summed E-state index contributed by atoms with van der Waals surface area (Å²) in [6.07, 6.45) is 7.74. The molecular formula is C22H26N4OS. The Hall–Kier alpha value is -2.47. The number of anilines is 1. The number of para-hydroxylation sites is 1. The van der Waals surface area contributed by atoms with Crippen LogP contribution < -0.4 is 10.2 Å². The molecule has 28 heavy (non-hydrogen) atoms. The van der Waals surface area contributed by atoms with Crippen LogP contribution in [-0.4, -0.2) is 29.0 Å². The first-order valence-electron chi connectivity index (χ1n) is 10.1. The van der Waals surface area contributed by atoms with Crippen LogP contribution in [0.4, 0.5) is 5.82 Å². The molecule has 1 saturated heterocycles. The average Bonchev–Trinajstić information content (AvgIpc) is 3.39. The average molecular weight is 395 g/mol. The van der Waals surface area contributed by atoms with Gasteiger partial charge in [-0.2, -0.15) is 0 Å². The fourth-order valence-electron chi connectivity index (χ4n) is 3.53. The highest BCUT2D eigenvalue weighted by atomic mass is 32.1. The molecule has 0 aliphatic carbocycles. The molecule has 0 saturated carbocycles. The smallest absolute Gasteiger partial charge is 0.220 e. The van der Waals surface area contributed by atoms with E-state index in [9.17, 15) is 4.79 Å². The molecule has 0 radical (unpaired) electrons. The Labute approximate surface area is 169 Å². The lowest BCUT2D eigenvalue weighted by atomic mass is 10.2. The van der Waals surface area contributed by atoms with Gasteiger partial charge in [0, 0.05) is 32.3 Å². The van der Waals surface area contributed by atoms with E-state index in [1.165, 1.54) is 17.5 Å². The number of thiazole rings is 1. The maximum Gasteiger partial charge on any atom is 0.220 e. The van der Waals surface area contributed by atoms with Gasteiger partial charge in [0.25, 0.3) is 0 Å². The van der Waals surface area contributed by atoms with E-state index in [0.717, 1.165) is 54.3 Å². The molecular weight excluding hydrogens is 368 g/mol. The Balaban J connectivity index is 1.15. The predicted octanol–water partition coefficient (Wildman–Crippen LogP) is 4.32. The molecule has 6 heteroatoms. The van der Waals surface area contributed by atoms with Crippen molar-refractivity contribution in [2.45, 2.75) is 45.1 Å². The second kappa shape index (κ2) is 9.15. The minimum atomic E-state index is 0.105. The number of fused-ring (bicyclic) bond motifs is 1. The minimum absolute atomic E-state index is 0.105. The van der Waals surface area contributed by atoms with Gasteiger partial charge in [0.2, 0.25) is 5.91 Å². The number of nitrogens with zero attached hydrogens (tertiary/aromatic N) is 3. The molecule has 1 amide bonds. The van der Waals surface area contributed by atoms with E-state index in [2.05, 4.69) is 44.5 Å². The number of carbonyl (C=O) groups excluding carboxylic acids is 1. The summed E-state index contributed by atoms with van der Waals surface area (Å²) < 4.78 is 1.24. The normalized spacial score (nSPS) is 13.9. The van der Waals surface area contributed by atoms with Crippen molar-refractivity contribution in [2.24, 2.45) is 0 Å².